The Balaban J connectivity index is 2.28. The number of non-ortho nitro benzene ring substituents is 1. The van der Waals surface area contributed by atoms with E-state index in [1.807, 2.05) is 0 Å². The van der Waals surface area contributed by atoms with Gasteiger partial charge in [0.1, 0.15) is 0 Å². The van der Waals surface area contributed by atoms with E-state index >= 15 is 0 Å². The first-order valence-corrected chi connectivity index (χ1v) is 6.34. The summed E-state index contributed by atoms with van der Waals surface area (Å²) in [4.78, 5) is 34.4. The average Bonchev–Trinajstić information content (AvgIpc) is 2.47. The molecule has 0 N–H and O–H groups in total. The second-order valence-electron chi connectivity index (χ2n) is 4.43. The van der Waals surface area contributed by atoms with Gasteiger partial charge in [-0.25, -0.2) is 9.18 Å². The fourth-order valence-electron chi connectivity index (χ4n) is 2.15. The molecule has 1 atom stereocenters. The minimum Gasteiger partial charge on any atom is -0.462 e. The molecule has 1 aromatic rings. The summed E-state index contributed by atoms with van der Waals surface area (Å²) in [6, 6.07) is 3.86. The predicted octanol–water partition coefficient (Wildman–Crippen LogP) is 1.45. The lowest BCUT2D eigenvalue weighted by molar-refractivity contribution is -0.384. The van der Waals surface area contributed by atoms with Crippen LogP contribution in [0.3, 0.4) is 0 Å². The Morgan fingerprint density at radius 1 is 1.57 bits per heavy atom. The lowest BCUT2D eigenvalue weighted by Gasteiger charge is -2.29. The van der Waals surface area contributed by atoms with E-state index in [1.54, 1.807) is 0 Å². The van der Waals surface area contributed by atoms with E-state index < -0.39 is 23.1 Å². The summed E-state index contributed by atoms with van der Waals surface area (Å²) in [7, 11) is 0. The Labute approximate surface area is 119 Å². The highest BCUT2D eigenvalue weighted by Crippen LogP contribution is 2.25. The Hall–Kier alpha value is -2.51. The van der Waals surface area contributed by atoms with Gasteiger partial charge in [-0.1, -0.05) is 6.07 Å². The van der Waals surface area contributed by atoms with Gasteiger partial charge in [-0.05, 0) is 18.9 Å². The number of carbonyl (C=O) groups excluding carboxylic acids is 2. The van der Waals surface area contributed by atoms with Crippen LogP contribution in [0, 0.1) is 10.1 Å². The van der Waals surface area contributed by atoms with Crippen LogP contribution in [0.4, 0.5) is 10.1 Å². The summed E-state index contributed by atoms with van der Waals surface area (Å²) in [5, 5.41) is 10.7. The second kappa shape index (κ2) is 5.86. The quantitative estimate of drug-likeness (QED) is 0.363. The van der Waals surface area contributed by atoms with Crippen molar-refractivity contribution in [3.05, 3.63) is 39.4 Å². The molecule has 0 aromatic heterocycles. The van der Waals surface area contributed by atoms with Crippen molar-refractivity contribution >= 4 is 17.6 Å². The van der Waals surface area contributed by atoms with Crippen molar-refractivity contribution in [2.45, 2.75) is 19.6 Å². The van der Waals surface area contributed by atoms with Gasteiger partial charge >= 0.3 is 5.97 Å². The van der Waals surface area contributed by atoms with Crippen molar-refractivity contribution < 1.29 is 23.6 Å². The molecule has 0 spiro atoms. The molecule has 1 amide bonds. The number of rotatable bonds is 4. The summed E-state index contributed by atoms with van der Waals surface area (Å²) in [5.41, 5.74) is 0.385. The molecule has 0 saturated carbocycles. The molecule has 2 rings (SSSR count). The number of hydrogen-bond acceptors (Lipinski definition) is 5. The maximum atomic E-state index is 14.0. The van der Waals surface area contributed by atoms with Gasteiger partial charge in [0.05, 0.1) is 11.5 Å². The normalized spacial score (nSPS) is 15.3. The number of alkyl halides is 1. The first-order chi connectivity index (χ1) is 9.95. The van der Waals surface area contributed by atoms with E-state index in [0.29, 0.717) is 12.0 Å². The Morgan fingerprint density at radius 2 is 2.29 bits per heavy atom. The smallest absolute Gasteiger partial charge is 0.362 e. The Bertz CT molecular complexity index is 604. The summed E-state index contributed by atoms with van der Waals surface area (Å²) in [6.45, 7) is 1.55. The molecule has 0 radical (unpaired) electrons. The number of fused-ring (bicyclic) bond motifs is 1. The molecule has 1 aliphatic heterocycles. The van der Waals surface area contributed by atoms with Crippen LogP contribution in [-0.2, 0) is 16.0 Å². The summed E-state index contributed by atoms with van der Waals surface area (Å²) >= 11 is 0. The third kappa shape index (κ3) is 2.83. The first-order valence-electron chi connectivity index (χ1n) is 6.34. The van der Waals surface area contributed by atoms with E-state index in [0.717, 1.165) is 11.0 Å². The molecule has 21 heavy (non-hydrogen) atoms. The number of halogens is 1. The van der Waals surface area contributed by atoms with Crippen LogP contribution in [-0.4, -0.2) is 41.1 Å². The van der Waals surface area contributed by atoms with Gasteiger partial charge in [0.15, 0.2) is 0 Å². The zero-order valence-electron chi connectivity index (χ0n) is 11.2. The fourth-order valence-corrected chi connectivity index (χ4v) is 2.15. The molecule has 7 nitrogen and oxygen atoms in total. The molecular weight excluding hydrogens is 283 g/mol. The van der Waals surface area contributed by atoms with Gasteiger partial charge in [-0.2, -0.15) is 0 Å². The molecule has 8 heteroatoms. The number of esters is 1. The van der Waals surface area contributed by atoms with Crippen LogP contribution < -0.4 is 0 Å². The van der Waals surface area contributed by atoms with Crippen LogP contribution in [0.1, 0.15) is 22.8 Å². The number of nitrogens with zero attached hydrogens (tertiary/aromatic N) is 2. The standard InChI is InChI=1S/C13H13FN2O5/c1-2-21-13(18)11(14)15-6-5-8-3-4-9(16(19)20)7-10(8)12(15)17/h3-4,7,11H,2,5-6H2,1H3. The number of nitro benzene ring substituents is 1. The van der Waals surface area contributed by atoms with E-state index in [9.17, 15) is 24.1 Å². The topological polar surface area (TPSA) is 89.8 Å². The van der Waals surface area contributed by atoms with Crippen molar-refractivity contribution in [2.24, 2.45) is 0 Å². The van der Waals surface area contributed by atoms with Crippen molar-refractivity contribution in [1.82, 2.24) is 4.90 Å². The molecule has 1 unspecified atom stereocenters. The number of benzene rings is 1. The second-order valence-corrected chi connectivity index (χ2v) is 4.43. The molecular formula is C13H13FN2O5. The molecule has 0 saturated heterocycles. The lowest BCUT2D eigenvalue weighted by Crippen LogP contribution is -2.46. The number of ether oxygens (including phenoxy) is 1. The molecule has 1 aromatic carbocycles. The van der Waals surface area contributed by atoms with Crippen molar-refractivity contribution in [2.75, 3.05) is 13.2 Å². The maximum Gasteiger partial charge on any atom is 0.362 e. The zero-order chi connectivity index (χ0) is 15.6. The summed E-state index contributed by atoms with van der Waals surface area (Å²) < 4.78 is 18.5. The molecule has 1 heterocycles. The number of amides is 1. The molecule has 0 aliphatic carbocycles. The first kappa shape index (κ1) is 14.9. The Kier molecular flexibility index (Phi) is 4.15. The van der Waals surface area contributed by atoms with E-state index in [4.69, 9.17) is 0 Å². The highest BCUT2D eigenvalue weighted by Gasteiger charge is 2.35. The zero-order valence-corrected chi connectivity index (χ0v) is 11.2. The maximum absolute atomic E-state index is 14.0. The number of carbonyl (C=O) groups is 2. The molecule has 1 aliphatic rings. The van der Waals surface area contributed by atoms with Crippen LogP contribution in [0.5, 0.6) is 0 Å². The highest BCUT2D eigenvalue weighted by atomic mass is 19.1. The third-order valence-electron chi connectivity index (χ3n) is 3.17. The Morgan fingerprint density at radius 3 is 2.90 bits per heavy atom. The number of hydrogen-bond donors (Lipinski definition) is 0. The third-order valence-corrected chi connectivity index (χ3v) is 3.17. The van der Waals surface area contributed by atoms with Crippen LogP contribution >= 0.6 is 0 Å². The minimum atomic E-state index is -2.20. The SMILES string of the molecule is CCOC(=O)C(F)N1CCc2ccc([N+](=O)[O-])cc2C1=O. The average molecular weight is 296 g/mol. The minimum absolute atomic E-state index is 0.00332. The molecule has 112 valence electrons. The van der Waals surface area contributed by atoms with Gasteiger partial charge < -0.3 is 4.74 Å². The van der Waals surface area contributed by atoms with Gasteiger partial charge in [0.25, 0.3) is 17.9 Å². The molecule has 0 bridgehead atoms. The lowest BCUT2D eigenvalue weighted by atomic mass is 9.98. The van der Waals surface area contributed by atoms with Crippen LogP contribution in [0.2, 0.25) is 0 Å². The van der Waals surface area contributed by atoms with Gasteiger partial charge in [-0.15, -0.1) is 0 Å². The van der Waals surface area contributed by atoms with Gasteiger partial charge in [0, 0.05) is 24.2 Å². The summed E-state index contributed by atoms with van der Waals surface area (Å²) in [5.74, 6) is -1.89. The van der Waals surface area contributed by atoms with Gasteiger partial charge in [0.2, 0.25) is 0 Å². The number of nitro groups is 1. The largest absolute Gasteiger partial charge is 0.462 e. The van der Waals surface area contributed by atoms with Crippen molar-refractivity contribution in [3.8, 4) is 0 Å². The van der Waals surface area contributed by atoms with E-state index in [2.05, 4.69) is 4.74 Å². The van der Waals surface area contributed by atoms with E-state index in [-0.39, 0.29) is 24.4 Å². The highest BCUT2D eigenvalue weighted by molar-refractivity contribution is 5.99. The van der Waals surface area contributed by atoms with Crippen molar-refractivity contribution in [3.63, 3.8) is 0 Å². The van der Waals surface area contributed by atoms with Crippen molar-refractivity contribution in [1.29, 1.82) is 0 Å². The van der Waals surface area contributed by atoms with Crippen LogP contribution in [0.25, 0.3) is 0 Å². The van der Waals surface area contributed by atoms with E-state index in [1.165, 1.54) is 19.1 Å². The van der Waals surface area contributed by atoms with Gasteiger partial charge in [-0.3, -0.25) is 19.8 Å². The fraction of sp³-hybridized carbons (Fsp3) is 0.385. The van der Waals surface area contributed by atoms with Crippen LogP contribution in [0.15, 0.2) is 18.2 Å². The monoisotopic (exact) mass is 296 g/mol. The predicted molar refractivity (Wildman–Crippen MR) is 69.4 cm³/mol. The summed E-state index contributed by atoms with van der Waals surface area (Å²) in [6.07, 6.45) is -1.89. The molecule has 0 fully saturated rings.